The minimum atomic E-state index is -0.441. The van der Waals surface area contributed by atoms with Crippen molar-refractivity contribution in [3.63, 3.8) is 0 Å². The molecule has 0 atom stereocenters. The lowest BCUT2D eigenvalue weighted by molar-refractivity contribution is -0.385. The average molecular weight is 192 g/mol. The summed E-state index contributed by atoms with van der Waals surface area (Å²) in [6, 6.07) is 1.49. The highest BCUT2D eigenvalue weighted by atomic mass is 16.6. The Kier molecular flexibility index (Phi) is 1.70. The van der Waals surface area contributed by atoms with Crippen molar-refractivity contribution in [2.24, 2.45) is 0 Å². The van der Waals surface area contributed by atoms with Crippen molar-refractivity contribution in [1.82, 2.24) is 14.6 Å². The predicted octanol–water partition coefficient (Wildman–Crippen LogP) is 1.25. The summed E-state index contributed by atoms with van der Waals surface area (Å²) in [5.41, 5.74) is 1.44. The van der Waals surface area contributed by atoms with E-state index in [1.165, 1.54) is 16.8 Å². The lowest BCUT2D eigenvalue weighted by Crippen LogP contribution is -1.95. The number of fused-ring (bicyclic) bond motifs is 1. The van der Waals surface area contributed by atoms with Crippen molar-refractivity contribution in [3.8, 4) is 0 Å². The van der Waals surface area contributed by atoms with Crippen LogP contribution in [0.4, 0.5) is 5.69 Å². The molecule has 6 heteroatoms. The minimum Gasteiger partial charge on any atom is -0.258 e. The van der Waals surface area contributed by atoms with Gasteiger partial charge in [-0.25, -0.2) is 9.50 Å². The zero-order valence-electron chi connectivity index (χ0n) is 7.76. The monoisotopic (exact) mass is 192 g/mol. The summed E-state index contributed by atoms with van der Waals surface area (Å²) in [5, 5.41) is 14.6. The number of hydrogen-bond acceptors (Lipinski definition) is 4. The van der Waals surface area contributed by atoms with Crippen LogP contribution in [0.15, 0.2) is 12.3 Å². The number of aryl methyl sites for hydroxylation is 2. The molecule has 72 valence electrons. The minimum absolute atomic E-state index is 0.0277. The van der Waals surface area contributed by atoms with E-state index in [9.17, 15) is 10.1 Å². The Bertz CT molecular complexity index is 517. The van der Waals surface area contributed by atoms with Crippen LogP contribution in [0.2, 0.25) is 0 Å². The maximum Gasteiger partial charge on any atom is 0.288 e. The van der Waals surface area contributed by atoms with Crippen molar-refractivity contribution in [1.29, 1.82) is 0 Å². The fraction of sp³-hybridized carbons (Fsp3) is 0.250. The number of pyridine rings is 1. The molecule has 0 aliphatic carbocycles. The molecule has 2 heterocycles. The molecular formula is C8H8N4O2. The Morgan fingerprint density at radius 1 is 1.50 bits per heavy atom. The van der Waals surface area contributed by atoms with E-state index in [1.807, 2.05) is 0 Å². The molecular weight excluding hydrogens is 184 g/mol. The van der Waals surface area contributed by atoms with Gasteiger partial charge in [-0.3, -0.25) is 10.1 Å². The molecule has 0 radical (unpaired) electrons. The van der Waals surface area contributed by atoms with Gasteiger partial charge in [-0.2, -0.15) is 5.10 Å². The zero-order chi connectivity index (χ0) is 10.3. The second kappa shape index (κ2) is 2.76. The van der Waals surface area contributed by atoms with E-state index >= 15 is 0 Å². The van der Waals surface area contributed by atoms with Crippen LogP contribution < -0.4 is 0 Å². The van der Waals surface area contributed by atoms with Crippen LogP contribution in [0.1, 0.15) is 11.4 Å². The van der Waals surface area contributed by atoms with E-state index in [4.69, 9.17) is 0 Å². The van der Waals surface area contributed by atoms with Gasteiger partial charge in [-0.1, -0.05) is 0 Å². The van der Waals surface area contributed by atoms with Crippen LogP contribution in [0, 0.1) is 24.0 Å². The molecule has 0 aromatic carbocycles. The van der Waals surface area contributed by atoms with E-state index in [1.54, 1.807) is 13.8 Å². The highest BCUT2D eigenvalue weighted by Crippen LogP contribution is 2.16. The van der Waals surface area contributed by atoms with E-state index in [0.717, 1.165) is 5.56 Å². The smallest absolute Gasteiger partial charge is 0.258 e. The lowest BCUT2D eigenvalue weighted by atomic mass is 10.3. The molecule has 0 fully saturated rings. The Morgan fingerprint density at radius 3 is 2.86 bits per heavy atom. The predicted molar refractivity (Wildman–Crippen MR) is 49.1 cm³/mol. The number of rotatable bonds is 1. The molecule has 14 heavy (non-hydrogen) atoms. The molecule has 2 aromatic heterocycles. The molecule has 0 bridgehead atoms. The molecule has 0 unspecified atom stereocenters. The molecule has 6 nitrogen and oxygen atoms in total. The van der Waals surface area contributed by atoms with Crippen molar-refractivity contribution in [2.45, 2.75) is 13.8 Å². The molecule has 0 saturated carbocycles. The van der Waals surface area contributed by atoms with Gasteiger partial charge in [0.05, 0.1) is 4.92 Å². The second-order valence-corrected chi connectivity index (χ2v) is 3.07. The third-order valence-electron chi connectivity index (χ3n) is 1.92. The molecule has 0 saturated heterocycles. The number of aromatic nitrogens is 3. The fourth-order valence-electron chi connectivity index (χ4n) is 1.34. The summed E-state index contributed by atoms with van der Waals surface area (Å²) < 4.78 is 1.43. The molecule has 2 aromatic rings. The Balaban J connectivity index is 2.77. The van der Waals surface area contributed by atoms with Crippen LogP contribution in [0.5, 0.6) is 0 Å². The summed E-state index contributed by atoms with van der Waals surface area (Å²) in [6.45, 7) is 3.52. The van der Waals surface area contributed by atoms with E-state index < -0.39 is 4.92 Å². The molecule has 0 aliphatic heterocycles. The first-order valence-corrected chi connectivity index (χ1v) is 4.06. The fourth-order valence-corrected chi connectivity index (χ4v) is 1.34. The van der Waals surface area contributed by atoms with Crippen LogP contribution in [-0.4, -0.2) is 19.5 Å². The van der Waals surface area contributed by atoms with Gasteiger partial charge in [0.1, 0.15) is 12.0 Å². The Labute approximate surface area is 79.3 Å². The zero-order valence-corrected chi connectivity index (χ0v) is 7.76. The topological polar surface area (TPSA) is 73.3 Å². The van der Waals surface area contributed by atoms with Crippen molar-refractivity contribution in [2.75, 3.05) is 0 Å². The van der Waals surface area contributed by atoms with E-state index in [2.05, 4.69) is 10.1 Å². The van der Waals surface area contributed by atoms with E-state index in [-0.39, 0.29) is 5.69 Å². The second-order valence-electron chi connectivity index (χ2n) is 3.07. The average Bonchev–Trinajstić information content (AvgIpc) is 2.45. The number of nitrogens with zero attached hydrogens (tertiary/aromatic N) is 4. The summed E-state index contributed by atoms with van der Waals surface area (Å²) in [6.07, 6.45) is 1.36. The normalized spacial score (nSPS) is 10.7. The largest absolute Gasteiger partial charge is 0.288 e. The van der Waals surface area contributed by atoms with Crippen molar-refractivity contribution < 1.29 is 4.92 Å². The lowest BCUT2D eigenvalue weighted by Gasteiger charge is -1.96. The summed E-state index contributed by atoms with van der Waals surface area (Å²) in [7, 11) is 0. The standard InChI is InChI=1S/C8H8N4O2/c1-5-3-7(12(13)14)4-11-8(5)9-6(2)10-11/h3-4H,1-2H3. The van der Waals surface area contributed by atoms with Crippen LogP contribution >= 0.6 is 0 Å². The SMILES string of the molecule is Cc1nc2c(C)cc([N+](=O)[O-])cn2n1. The summed E-state index contributed by atoms with van der Waals surface area (Å²) in [4.78, 5) is 14.2. The van der Waals surface area contributed by atoms with Crippen LogP contribution in [0.3, 0.4) is 0 Å². The molecule has 0 spiro atoms. The van der Waals surface area contributed by atoms with Gasteiger partial charge in [-0.05, 0) is 13.8 Å². The first-order valence-electron chi connectivity index (χ1n) is 4.06. The maximum absolute atomic E-state index is 10.5. The van der Waals surface area contributed by atoms with E-state index in [0.29, 0.717) is 11.5 Å². The number of nitro groups is 1. The molecule has 2 rings (SSSR count). The summed E-state index contributed by atoms with van der Waals surface area (Å²) in [5.74, 6) is 0.605. The third-order valence-corrected chi connectivity index (χ3v) is 1.92. The highest BCUT2D eigenvalue weighted by molar-refractivity contribution is 5.51. The summed E-state index contributed by atoms with van der Waals surface area (Å²) >= 11 is 0. The molecule has 0 aliphatic rings. The van der Waals surface area contributed by atoms with Gasteiger partial charge in [-0.15, -0.1) is 0 Å². The third kappa shape index (κ3) is 1.20. The van der Waals surface area contributed by atoms with Crippen LogP contribution in [0.25, 0.3) is 5.65 Å². The van der Waals surface area contributed by atoms with Gasteiger partial charge >= 0.3 is 0 Å². The van der Waals surface area contributed by atoms with Gasteiger partial charge in [0.25, 0.3) is 5.69 Å². The first kappa shape index (κ1) is 8.61. The Hall–Kier alpha value is -1.98. The maximum atomic E-state index is 10.5. The first-order chi connectivity index (χ1) is 6.58. The van der Waals surface area contributed by atoms with Crippen LogP contribution in [-0.2, 0) is 0 Å². The Morgan fingerprint density at radius 2 is 2.21 bits per heavy atom. The van der Waals surface area contributed by atoms with Gasteiger partial charge in [0.15, 0.2) is 5.65 Å². The molecule has 0 amide bonds. The van der Waals surface area contributed by atoms with Gasteiger partial charge in [0.2, 0.25) is 0 Å². The highest BCUT2D eigenvalue weighted by Gasteiger charge is 2.11. The van der Waals surface area contributed by atoms with Crippen molar-refractivity contribution >= 4 is 11.3 Å². The molecule has 0 N–H and O–H groups in total. The van der Waals surface area contributed by atoms with Crippen molar-refractivity contribution in [3.05, 3.63) is 33.8 Å². The number of hydrogen-bond donors (Lipinski definition) is 0. The van der Waals surface area contributed by atoms with Gasteiger partial charge in [0, 0.05) is 11.6 Å². The van der Waals surface area contributed by atoms with Gasteiger partial charge < -0.3 is 0 Å². The quantitative estimate of drug-likeness (QED) is 0.503.